The maximum absolute atomic E-state index is 14.4. The Hall–Kier alpha value is -4.24. The van der Waals surface area contributed by atoms with Crippen molar-refractivity contribution >= 4 is 23.7 Å². The van der Waals surface area contributed by atoms with Gasteiger partial charge < -0.3 is 20.3 Å². The number of aliphatic hydroxyl groups is 1. The molecule has 1 aliphatic carbocycles. The van der Waals surface area contributed by atoms with Crippen LogP contribution in [0.2, 0.25) is 0 Å². The van der Waals surface area contributed by atoms with Gasteiger partial charge in [0.25, 0.3) is 5.91 Å². The number of hydrogen-bond acceptors (Lipinski definition) is 5. The number of rotatable bonds is 7. The fourth-order valence-corrected chi connectivity index (χ4v) is 3.88. The van der Waals surface area contributed by atoms with Crippen molar-refractivity contribution < 1.29 is 33.7 Å². The topological polar surface area (TPSA) is 125 Å². The number of hydrogen-bond donors (Lipinski definition) is 4. The van der Waals surface area contributed by atoms with Gasteiger partial charge in [0.15, 0.2) is 6.10 Å². The van der Waals surface area contributed by atoms with E-state index in [1.165, 1.54) is 12.1 Å². The predicted octanol–water partition coefficient (Wildman–Crippen LogP) is 3.36. The first kappa shape index (κ1) is 22.9. The summed E-state index contributed by atoms with van der Waals surface area (Å²) in [6.07, 6.45) is -2.62. The molecule has 0 radical (unpaired) electrons. The Morgan fingerprint density at radius 1 is 0.971 bits per heavy atom. The molecule has 34 heavy (non-hydrogen) atoms. The standard InChI is InChI=1S/C25H21FN2O6/c26-20-11-14(23(30)27-12-22(29)24(31)32)9-10-21(20)28-25(33)34-13-19-17-7-3-1-5-15(17)16-6-2-4-8-18(16)19/h1-11,19,22,29H,12-13H2,(H,27,30)(H,28,33)(H,31,32)/t22-/m0/s1. The van der Waals surface area contributed by atoms with E-state index in [1.54, 1.807) is 0 Å². The zero-order chi connectivity index (χ0) is 24.2. The minimum atomic E-state index is -1.77. The van der Waals surface area contributed by atoms with E-state index in [0.29, 0.717) is 0 Å². The highest BCUT2D eigenvalue weighted by Gasteiger charge is 2.29. The van der Waals surface area contributed by atoms with Crippen molar-refractivity contribution in [2.45, 2.75) is 12.0 Å². The lowest BCUT2D eigenvalue weighted by Crippen LogP contribution is -2.36. The third-order valence-corrected chi connectivity index (χ3v) is 5.55. The summed E-state index contributed by atoms with van der Waals surface area (Å²) in [5.74, 6) is -3.28. The Kier molecular flexibility index (Phi) is 6.55. The smallest absolute Gasteiger partial charge is 0.411 e. The lowest BCUT2D eigenvalue weighted by atomic mass is 9.98. The highest BCUT2D eigenvalue weighted by atomic mass is 19.1. The first-order valence-electron chi connectivity index (χ1n) is 10.5. The third-order valence-electron chi connectivity index (χ3n) is 5.55. The average Bonchev–Trinajstić information content (AvgIpc) is 3.16. The Morgan fingerprint density at radius 2 is 1.59 bits per heavy atom. The Labute approximate surface area is 194 Å². The van der Waals surface area contributed by atoms with Crippen molar-refractivity contribution in [2.75, 3.05) is 18.5 Å². The molecule has 0 bridgehead atoms. The van der Waals surface area contributed by atoms with Gasteiger partial charge >= 0.3 is 12.1 Å². The minimum absolute atomic E-state index is 0.0634. The number of anilines is 1. The molecule has 4 N–H and O–H groups in total. The summed E-state index contributed by atoms with van der Waals surface area (Å²) in [6, 6.07) is 19.1. The van der Waals surface area contributed by atoms with Gasteiger partial charge in [-0.3, -0.25) is 10.1 Å². The summed E-state index contributed by atoms with van der Waals surface area (Å²) >= 11 is 0. The molecular weight excluding hydrogens is 443 g/mol. The molecule has 174 valence electrons. The molecule has 0 aliphatic heterocycles. The van der Waals surface area contributed by atoms with Crippen LogP contribution in [-0.4, -0.2) is 47.4 Å². The Balaban J connectivity index is 1.37. The molecule has 0 unspecified atom stereocenters. The quantitative estimate of drug-likeness (QED) is 0.425. The third kappa shape index (κ3) is 4.74. The van der Waals surface area contributed by atoms with E-state index in [4.69, 9.17) is 9.84 Å². The van der Waals surface area contributed by atoms with E-state index < -0.39 is 36.4 Å². The lowest BCUT2D eigenvalue weighted by molar-refractivity contribution is -0.146. The molecule has 3 aromatic carbocycles. The normalized spacial score (nSPS) is 12.9. The minimum Gasteiger partial charge on any atom is -0.479 e. The zero-order valence-electron chi connectivity index (χ0n) is 17.8. The summed E-state index contributed by atoms with van der Waals surface area (Å²) in [7, 11) is 0. The van der Waals surface area contributed by atoms with E-state index in [1.807, 2.05) is 48.5 Å². The van der Waals surface area contributed by atoms with Crippen LogP contribution in [0.15, 0.2) is 66.7 Å². The van der Waals surface area contributed by atoms with Gasteiger partial charge in [0.1, 0.15) is 12.4 Å². The molecule has 9 heteroatoms. The van der Waals surface area contributed by atoms with Gasteiger partial charge in [0, 0.05) is 11.5 Å². The van der Waals surface area contributed by atoms with Crippen LogP contribution in [0.25, 0.3) is 11.1 Å². The average molecular weight is 464 g/mol. The number of benzene rings is 3. The first-order chi connectivity index (χ1) is 16.3. The van der Waals surface area contributed by atoms with Crippen LogP contribution in [0, 0.1) is 5.82 Å². The van der Waals surface area contributed by atoms with Crippen molar-refractivity contribution in [3.63, 3.8) is 0 Å². The number of halogens is 1. The summed E-state index contributed by atoms with van der Waals surface area (Å²) in [5.41, 5.74) is 3.98. The number of carbonyl (C=O) groups is 3. The van der Waals surface area contributed by atoms with Crippen LogP contribution in [0.1, 0.15) is 27.4 Å². The van der Waals surface area contributed by atoms with Gasteiger partial charge in [0.05, 0.1) is 12.2 Å². The van der Waals surface area contributed by atoms with Crippen molar-refractivity contribution in [3.05, 3.63) is 89.2 Å². The van der Waals surface area contributed by atoms with Crippen LogP contribution in [-0.2, 0) is 9.53 Å². The molecule has 0 aromatic heterocycles. The van der Waals surface area contributed by atoms with Crippen LogP contribution >= 0.6 is 0 Å². The number of aliphatic carboxylic acids is 1. The Morgan fingerprint density at radius 3 is 2.18 bits per heavy atom. The largest absolute Gasteiger partial charge is 0.479 e. The Bertz CT molecular complexity index is 1220. The summed E-state index contributed by atoms with van der Waals surface area (Å²) in [6.45, 7) is -0.469. The van der Waals surface area contributed by atoms with Crippen molar-refractivity contribution in [1.82, 2.24) is 5.32 Å². The van der Waals surface area contributed by atoms with Gasteiger partial charge in [-0.15, -0.1) is 0 Å². The number of ether oxygens (including phenoxy) is 1. The molecule has 0 fully saturated rings. The van der Waals surface area contributed by atoms with Crippen LogP contribution in [0.5, 0.6) is 0 Å². The fourth-order valence-electron chi connectivity index (χ4n) is 3.88. The second kappa shape index (κ2) is 9.72. The number of nitrogens with one attached hydrogen (secondary N) is 2. The van der Waals surface area contributed by atoms with E-state index in [0.717, 1.165) is 28.3 Å². The monoisotopic (exact) mass is 464 g/mol. The van der Waals surface area contributed by atoms with Gasteiger partial charge in [0.2, 0.25) is 0 Å². The molecule has 0 saturated carbocycles. The van der Waals surface area contributed by atoms with E-state index in [-0.39, 0.29) is 23.8 Å². The molecule has 0 saturated heterocycles. The highest BCUT2D eigenvalue weighted by molar-refractivity contribution is 5.95. The fraction of sp³-hybridized carbons (Fsp3) is 0.160. The number of carbonyl (C=O) groups excluding carboxylic acids is 2. The van der Waals surface area contributed by atoms with E-state index in [9.17, 15) is 23.9 Å². The number of amides is 2. The lowest BCUT2D eigenvalue weighted by Gasteiger charge is -2.15. The van der Waals surface area contributed by atoms with Crippen molar-refractivity contribution in [3.8, 4) is 11.1 Å². The molecule has 8 nitrogen and oxygen atoms in total. The van der Waals surface area contributed by atoms with Crippen LogP contribution in [0.3, 0.4) is 0 Å². The van der Waals surface area contributed by atoms with Crippen molar-refractivity contribution in [1.29, 1.82) is 0 Å². The molecule has 1 aliphatic rings. The highest BCUT2D eigenvalue weighted by Crippen LogP contribution is 2.44. The summed E-state index contributed by atoms with van der Waals surface area (Å²) < 4.78 is 19.8. The molecule has 2 amide bonds. The van der Waals surface area contributed by atoms with Gasteiger partial charge in [-0.2, -0.15) is 0 Å². The van der Waals surface area contributed by atoms with Crippen LogP contribution < -0.4 is 10.6 Å². The number of fused-ring (bicyclic) bond motifs is 3. The van der Waals surface area contributed by atoms with Gasteiger partial charge in [-0.1, -0.05) is 48.5 Å². The number of carboxylic acid groups (broad SMARTS) is 1. The van der Waals surface area contributed by atoms with Gasteiger partial charge in [-0.05, 0) is 40.5 Å². The summed E-state index contributed by atoms with van der Waals surface area (Å²) in [4.78, 5) is 35.0. The molecule has 4 rings (SSSR count). The van der Waals surface area contributed by atoms with E-state index in [2.05, 4.69) is 10.6 Å². The molecular formula is C25H21FN2O6. The maximum Gasteiger partial charge on any atom is 0.411 e. The molecule has 0 heterocycles. The van der Waals surface area contributed by atoms with Gasteiger partial charge in [-0.25, -0.2) is 14.0 Å². The second-order valence-electron chi connectivity index (χ2n) is 7.71. The summed E-state index contributed by atoms with van der Waals surface area (Å²) in [5, 5.41) is 22.3. The first-order valence-corrected chi connectivity index (χ1v) is 10.5. The van der Waals surface area contributed by atoms with Crippen LogP contribution in [0.4, 0.5) is 14.9 Å². The SMILES string of the molecule is O=C(Nc1ccc(C(=O)NC[C@H](O)C(=O)O)cc1F)OCC1c2ccccc2-c2ccccc21. The number of carboxylic acids is 1. The zero-order valence-corrected chi connectivity index (χ0v) is 17.8. The van der Waals surface area contributed by atoms with Crippen molar-refractivity contribution in [2.24, 2.45) is 0 Å². The number of aliphatic hydroxyl groups excluding tert-OH is 1. The molecule has 0 spiro atoms. The van der Waals surface area contributed by atoms with E-state index >= 15 is 0 Å². The predicted molar refractivity (Wildman–Crippen MR) is 121 cm³/mol. The molecule has 1 atom stereocenters. The maximum atomic E-state index is 14.4. The second-order valence-corrected chi connectivity index (χ2v) is 7.71. The molecule has 3 aromatic rings.